The molecule has 0 radical (unpaired) electrons. The number of nitrogens with one attached hydrogen (secondary N) is 1. The molecule has 0 aliphatic carbocycles. The third-order valence-corrected chi connectivity index (χ3v) is 5.76. The molecule has 5 nitrogen and oxygen atoms in total. The van der Waals surface area contributed by atoms with Gasteiger partial charge in [-0.15, -0.1) is 0 Å². The number of hydrogen-bond acceptors (Lipinski definition) is 3. The Balaban J connectivity index is 1.80. The number of carbonyl (C=O) groups is 1. The molecule has 0 bridgehead atoms. The highest BCUT2D eigenvalue weighted by Crippen LogP contribution is 2.19. The Hall–Kier alpha value is -1.11. The minimum atomic E-state index is -2.96. The summed E-state index contributed by atoms with van der Waals surface area (Å²) in [6, 6.07) is 7.36. The number of rotatable bonds is 5. The summed E-state index contributed by atoms with van der Waals surface area (Å²) >= 11 is 6.12. The van der Waals surface area contributed by atoms with Gasteiger partial charge in [0.05, 0.1) is 11.5 Å². The third kappa shape index (κ3) is 4.69. The second-order valence-electron chi connectivity index (χ2n) is 5.42. The molecular weight excluding hydrogens is 312 g/mol. The molecule has 0 spiro atoms. The van der Waals surface area contributed by atoms with Gasteiger partial charge < -0.3 is 10.6 Å². The zero-order valence-corrected chi connectivity index (χ0v) is 13.5. The van der Waals surface area contributed by atoms with Gasteiger partial charge in [-0.1, -0.05) is 29.8 Å². The van der Waals surface area contributed by atoms with E-state index in [2.05, 4.69) is 5.32 Å². The van der Waals surface area contributed by atoms with Gasteiger partial charge in [0.1, 0.15) is 6.04 Å². The maximum Gasteiger partial charge on any atom is 0.275 e. The van der Waals surface area contributed by atoms with Crippen molar-refractivity contribution in [2.45, 2.75) is 25.4 Å². The summed E-state index contributed by atoms with van der Waals surface area (Å²) in [6.07, 6.45) is 0.508. The van der Waals surface area contributed by atoms with Gasteiger partial charge in [-0.25, -0.2) is 8.42 Å². The Kier molecular flexibility index (Phi) is 5.24. The summed E-state index contributed by atoms with van der Waals surface area (Å²) in [5, 5.41) is 5.35. The molecular formula is C14H20ClN2O3S+. The SMILES string of the molecule is C[C@@H]([NH2+]CC(=O)N[C@H]1CCS(=O)(=O)C1)c1ccccc1Cl. The first-order valence-corrected chi connectivity index (χ1v) is 9.15. The van der Waals surface area contributed by atoms with E-state index in [-0.39, 0.29) is 36.0 Å². The van der Waals surface area contributed by atoms with Crippen LogP contribution in [0.3, 0.4) is 0 Å². The van der Waals surface area contributed by atoms with Gasteiger partial charge in [0.2, 0.25) is 0 Å². The molecule has 3 N–H and O–H groups in total. The Morgan fingerprint density at radius 3 is 2.81 bits per heavy atom. The van der Waals surface area contributed by atoms with E-state index in [0.29, 0.717) is 11.4 Å². The van der Waals surface area contributed by atoms with Crippen molar-refractivity contribution in [1.82, 2.24) is 5.32 Å². The lowest BCUT2D eigenvalue weighted by atomic mass is 10.1. The Labute approximate surface area is 130 Å². The monoisotopic (exact) mass is 331 g/mol. The minimum Gasteiger partial charge on any atom is -0.347 e. The average molecular weight is 332 g/mol. The maximum absolute atomic E-state index is 11.9. The van der Waals surface area contributed by atoms with Crippen LogP contribution in [-0.2, 0) is 14.6 Å². The molecule has 1 fully saturated rings. The molecule has 1 aliphatic rings. The molecule has 1 aliphatic heterocycles. The van der Waals surface area contributed by atoms with E-state index >= 15 is 0 Å². The second kappa shape index (κ2) is 6.77. The molecule has 7 heteroatoms. The van der Waals surface area contributed by atoms with Gasteiger partial charge >= 0.3 is 0 Å². The number of halogens is 1. The second-order valence-corrected chi connectivity index (χ2v) is 8.05. The molecule has 0 saturated carbocycles. The highest BCUT2D eigenvalue weighted by atomic mass is 35.5. The van der Waals surface area contributed by atoms with Gasteiger partial charge in [0.15, 0.2) is 16.4 Å². The third-order valence-electron chi connectivity index (χ3n) is 3.65. The van der Waals surface area contributed by atoms with E-state index in [9.17, 15) is 13.2 Å². The molecule has 1 aromatic rings. The molecule has 2 rings (SSSR count). The predicted molar refractivity (Wildman–Crippen MR) is 81.9 cm³/mol. The number of amides is 1. The highest BCUT2D eigenvalue weighted by Gasteiger charge is 2.29. The van der Waals surface area contributed by atoms with Crippen LogP contribution in [-0.4, -0.2) is 38.4 Å². The Morgan fingerprint density at radius 2 is 2.19 bits per heavy atom. The van der Waals surface area contributed by atoms with E-state index in [0.717, 1.165) is 5.56 Å². The highest BCUT2D eigenvalue weighted by molar-refractivity contribution is 7.91. The van der Waals surface area contributed by atoms with Crippen molar-refractivity contribution >= 4 is 27.3 Å². The molecule has 1 heterocycles. The van der Waals surface area contributed by atoms with E-state index in [1.54, 1.807) is 0 Å². The topological polar surface area (TPSA) is 79.8 Å². The lowest BCUT2D eigenvalue weighted by molar-refractivity contribution is -0.682. The normalized spacial score (nSPS) is 21.9. The lowest BCUT2D eigenvalue weighted by Crippen LogP contribution is -2.87. The summed E-state index contributed by atoms with van der Waals surface area (Å²) in [7, 11) is -2.96. The smallest absolute Gasteiger partial charge is 0.275 e. The van der Waals surface area contributed by atoms with E-state index in [4.69, 9.17) is 11.6 Å². The van der Waals surface area contributed by atoms with Crippen molar-refractivity contribution in [3.05, 3.63) is 34.9 Å². The van der Waals surface area contributed by atoms with Crippen LogP contribution >= 0.6 is 11.6 Å². The van der Waals surface area contributed by atoms with Crippen LogP contribution in [0.2, 0.25) is 5.02 Å². The number of hydrogen-bond donors (Lipinski definition) is 2. The van der Waals surface area contributed by atoms with E-state index < -0.39 is 9.84 Å². The summed E-state index contributed by atoms with van der Waals surface area (Å²) in [5.41, 5.74) is 0.982. The first kappa shape index (κ1) is 16.3. The van der Waals surface area contributed by atoms with Gasteiger partial charge in [-0.3, -0.25) is 4.79 Å². The minimum absolute atomic E-state index is 0.0544. The van der Waals surface area contributed by atoms with Crippen LogP contribution in [0, 0.1) is 0 Å². The molecule has 0 aromatic heterocycles. The fourth-order valence-corrected chi connectivity index (χ4v) is 4.43. The van der Waals surface area contributed by atoms with Crippen LogP contribution < -0.4 is 10.6 Å². The molecule has 21 heavy (non-hydrogen) atoms. The molecule has 1 amide bonds. The largest absolute Gasteiger partial charge is 0.347 e. The summed E-state index contributed by atoms with van der Waals surface area (Å²) in [6.45, 7) is 2.23. The summed E-state index contributed by atoms with van der Waals surface area (Å²) < 4.78 is 22.7. The van der Waals surface area contributed by atoms with Crippen molar-refractivity contribution in [1.29, 1.82) is 0 Å². The standard InChI is InChI=1S/C14H19ClN2O3S/c1-10(12-4-2-3-5-13(12)15)16-8-14(18)17-11-6-7-21(19,20)9-11/h2-5,10-11,16H,6-9H2,1H3,(H,17,18)/p+1/t10-,11+/m1/s1. The van der Waals surface area contributed by atoms with E-state index in [1.165, 1.54) is 0 Å². The van der Waals surface area contributed by atoms with Crippen LogP contribution in [0.5, 0.6) is 0 Å². The molecule has 0 unspecified atom stereocenters. The average Bonchev–Trinajstić information content (AvgIpc) is 2.75. The van der Waals surface area contributed by atoms with Crippen LogP contribution in [0.1, 0.15) is 24.9 Å². The van der Waals surface area contributed by atoms with Crippen molar-refractivity contribution in [2.24, 2.45) is 0 Å². The van der Waals surface area contributed by atoms with E-state index in [1.807, 2.05) is 36.5 Å². The van der Waals surface area contributed by atoms with Crippen LogP contribution in [0.25, 0.3) is 0 Å². The first-order chi connectivity index (χ1) is 9.87. The summed E-state index contributed by atoms with van der Waals surface area (Å²) in [4.78, 5) is 11.9. The zero-order chi connectivity index (χ0) is 15.5. The van der Waals surface area contributed by atoms with Crippen LogP contribution in [0.15, 0.2) is 24.3 Å². The number of benzene rings is 1. The van der Waals surface area contributed by atoms with Crippen molar-refractivity contribution in [3.63, 3.8) is 0 Å². The zero-order valence-electron chi connectivity index (χ0n) is 11.9. The van der Waals surface area contributed by atoms with Gasteiger partial charge in [-0.05, 0) is 19.4 Å². The molecule has 2 atom stereocenters. The fraction of sp³-hybridized carbons (Fsp3) is 0.500. The van der Waals surface area contributed by atoms with Crippen LogP contribution in [0.4, 0.5) is 0 Å². The van der Waals surface area contributed by atoms with Gasteiger partial charge in [0, 0.05) is 16.6 Å². The molecule has 1 saturated heterocycles. The number of sulfone groups is 1. The summed E-state index contributed by atoms with van der Waals surface area (Å²) in [5.74, 6) is 0.0762. The van der Waals surface area contributed by atoms with Crippen molar-refractivity contribution in [2.75, 3.05) is 18.1 Å². The van der Waals surface area contributed by atoms with Crippen molar-refractivity contribution < 1.29 is 18.5 Å². The maximum atomic E-state index is 11.9. The van der Waals surface area contributed by atoms with Gasteiger partial charge in [0.25, 0.3) is 5.91 Å². The molecule has 116 valence electrons. The quantitative estimate of drug-likeness (QED) is 0.812. The number of carbonyl (C=O) groups excluding carboxylic acids is 1. The number of nitrogens with two attached hydrogens (primary N) is 1. The number of quaternary nitrogens is 1. The molecule has 1 aromatic carbocycles. The Bertz CT molecular complexity index is 618. The fourth-order valence-electron chi connectivity index (χ4n) is 2.45. The first-order valence-electron chi connectivity index (χ1n) is 6.95. The van der Waals surface area contributed by atoms with Crippen molar-refractivity contribution in [3.8, 4) is 0 Å². The Morgan fingerprint density at radius 1 is 1.48 bits per heavy atom. The predicted octanol–water partition coefficient (Wildman–Crippen LogP) is 0.268. The lowest BCUT2D eigenvalue weighted by Gasteiger charge is -2.14. The van der Waals surface area contributed by atoms with Gasteiger partial charge in [-0.2, -0.15) is 0 Å².